The van der Waals surface area contributed by atoms with Crippen molar-refractivity contribution < 1.29 is 8.95 Å². The molecule has 1 aliphatic rings. The molecular formula is C21H19ClN2O2S. The van der Waals surface area contributed by atoms with Crippen LogP contribution in [0.2, 0.25) is 5.02 Å². The minimum atomic E-state index is -1.50. The van der Waals surface area contributed by atoms with Gasteiger partial charge in [0.05, 0.1) is 21.6 Å². The number of nitrogens with zero attached hydrogens (tertiary/aromatic N) is 1. The van der Waals surface area contributed by atoms with E-state index >= 15 is 0 Å². The number of hydrogen-bond acceptors (Lipinski definition) is 4. The van der Waals surface area contributed by atoms with Crippen LogP contribution in [0, 0.1) is 18.3 Å². The van der Waals surface area contributed by atoms with Gasteiger partial charge in [-0.25, -0.2) is 4.21 Å². The molecule has 0 aliphatic carbocycles. The molecule has 2 aromatic carbocycles. The molecule has 6 heteroatoms. The first-order valence-corrected chi connectivity index (χ1v) is 10.0. The van der Waals surface area contributed by atoms with Crippen LogP contribution in [0.1, 0.15) is 30.4 Å². The van der Waals surface area contributed by atoms with Gasteiger partial charge in [0, 0.05) is 16.3 Å². The fraction of sp³-hybridized carbons (Fsp3) is 0.190. The van der Waals surface area contributed by atoms with Crippen molar-refractivity contribution in [3.8, 4) is 6.07 Å². The Kier molecular flexibility index (Phi) is 5.69. The van der Waals surface area contributed by atoms with Gasteiger partial charge >= 0.3 is 0 Å². The summed E-state index contributed by atoms with van der Waals surface area (Å²) < 4.78 is 19.2. The predicted molar refractivity (Wildman–Crippen MR) is 107 cm³/mol. The molecule has 0 amide bonds. The summed E-state index contributed by atoms with van der Waals surface area (Å²) in [4.78, 5) is 1.20. The number of benzene rings is 2. The minimum Gasteiger partial charge on any atom is -0.444 e. The highest BCUT2D eigenvalue weighted by atomic mass is 35.5. The highest BCUT2D eigenvalue weighted by molar-refractivity contribution is 7.89. The van der Waals surface area contributed by atoms with E-state index in [1.165, 1.54) is 0 Å². The molecule has 2 atom stereocenters. The van der Waals surface area contributed by atoms with Crippen molar-refractivity contribution in [2.75, 3.05) is 0 Å². The van der Waals surface area contributed by atoms with Crippen LogP contribution in [-0.4, -0.2) is 4.21 Å². The van der Waals surface area contributed by atoms with Crippen LogP contribution in [0.15, 0.2) is 75.5 Å². The van der Waals surface area contributed by atoms with Crippen LogP contribution in [0.25, 0.3) is 0 Å². The van der Waals surface area contributed by atoms with Gasteiger partial charge in [-0.2, -0.15) is 5.26 Å². The summed E-state index contributed by atoms with van der Waals surface area (Å²) in [6, 6.07) is 16.8. The summed E-state index contributed by atoms with van der Waals surface area (Å²) >= 11 is 6.02. The van der Waals surface area contributed by atoms with Crippen LogP contribution in [-0.2, 0) is 15.5 Å². The Bertz CT molecular complexity index is 986. The lowest BCUT2D eigenvalue weighted by molar-refractivity contribution is 0.272. The van der Waals surface area contributed by atoms with E-state index in [1.807, 2.05) is 50.2 Å². The molecule has 4 nitrogen and oxygen atoms in total. The largest absolute Gasteiger partial charge is 0.444 e. The van der Waals surface area contributed by atoms with Gasteiger partial charge in [0.2, 0.25) is 5.88 Å². The Balaban J connectivity index is 2.19. The van der Waals surface area contributed by atoms with Crippen molar-refractivity contribution in [3.05, 3.63) is 86.8 Å². The zero-order valence-corrected chi connectivity index (χ0v) is 16.6. The molecule has 2 aromatic rings. The summed E-state index contributed by atoms with van der Waals surface area (Å²) in [5.74, 6) is 0.0439. The summed E-state index contributed by atoms with van der Waals surface area (Å²) in [5, 5.41) is 10.3. The SMILES string of the molecule is CCC1=C([S@@](=O)c2ccc(C)cc2)[C@@H](c2ccc(Cl)cc2)C(C#N)=C(N)O1. The predicted octanol–water partition coefficient (Wildman–Crippen LogP) is 4.89. The molecule has 2 N–H and O–H groups in total. The number of allylic oxidation sites excluding steroid dienone is 3. The third-order valence-corrected chi connectivity index (χ3v) is 6.22. The van der Waals surface area contributed by atoms with Crippen LogP contribution >= 0.6 is 11.6 Å². The monoisotopic (exact) mass is 398 g/mol. The van der Waals surface area contributed by atoms with Crippen LogP contribution in [0.5, 0.6) is 0 Å². The summed E-state index contributed by atoms with van der Waals surface area (Å²) in [5.41, 5.74) is 8.14. The first kappa shape index (κ1) is 19.2. The second kappa shape index (κ2) is 7.99. The topological polar surface area (TPSA) is 76.1 Å². The maximum Gasteiger partial charge on any atom is 0.205 e. The highest BCUT2D eigenvalue weighted by Crippen LogP contribution is 2.43. The maximum absolute atomic E-state index is 13.5. The number of halogens is 1. The molecule has 1 aliphatic heterocycles. The van der Waals surface area contributed by atoms with Gasteiger partial charge in [0.1, 0.15) is 17.4 Å². The maximum atomic E-state index is 13.5. The van der Waals surface area contributed by atoms with Gasteiger partial charge in [-0.05, 0) is 36.8 Å². The molecule has 0 bridgehead atoms. The van der Waals surface area contributed by atoms with Crippen LogP contribution in [0.4, 0.5) is 0 Å². The molecule has 0 unspecified atom stereocenters. The standard InChI is InChI=1S/C21H19ClN2O2S/c1-3-18-20(27(25)16-10-4-13(2)5-11-16)19(17(12-23)21(24)26-18)14-6-8-15(22)9-7-14/h4-11,19H,3,24H2,1-2H3/t19-,27-/m0/s1. The summed E-state index contributed by atoms with van der Waals surface area (Å²) in [6.07, 6.45) is 0.510. The fourth-order valence-electron chi connectivity index (χ4n) is 3.01. The molecule has 27 heavy (non-hydrogen) atoms. The number of nitrogens with two attached hydrogens (primary N) is 1. The average molecular weight is 399 g/mol. The quantitative estimate of drug-likeness (QED) is 0.795. The first-order chi connectivity index (χ1) is 13.0. The zero-order chi connectivity index (χ0) is 19.6. The van der Waals surface area contributed by atoms with Gasteiger partial charge in [-0.1, -0.05) is 48.4 Å². The zero-order valence-electron chi connectivity index (χ0n) is 15.0. The third kappa shape index (κ3) is 3.78. The Hall–Kier alpha value is -2.55. The number of hydrogen-bond donors (Lipinski definition) is 1. The molecule has 0 aromatic heterocycles. The molecule has 0 spiro atoms. The van der Waals surface area contributed by atoms with E-state index < -0.39 is 16.7 Å². The van der Waals surface area contributed by atoms with Crippen molar-refractivity contribution in [2.24, 2.45) is 5.73 Å². The van der Waals surface area contributed by atoms with E-state index in [9.17, 15) is 9.47 Å². The van der Waals surface area contributed by atoms with Crippen molar-refractivity contribution >= 4 is 22.4 Å². The van der Waals surface area contributed by atoms with Crippen molar-refractivity contribution in [2.45, 2.75) is 31.1 Å². The van der Waals surface area contributed by atoms with Crippen LogP contribution in [0.3, 0.4) is 0 Å². The lowest BCUT2D eigenvalue weighted by Crippen LogP contribution is -2.23. The molecule has 0 saturated carbocycles. The number of rotatable bonds is 4. The molecule has 138 valence electrons. The van der Waals surface area contributed by atoms with E-state index in [0.717, 1.165) is 11.1 Å². The highest BCUT2D eigenvalue weighted by Gasteiger charge is 2.36. The molecule has 3 rings (SSSR count). The van der Waals surface area contributed by atoms with E-state index in [1.54, 1.807) is 12.1 Å². The Morgan fingerprint density at radius 3 is 2.37 bits per heavy atom. The number of ether oxygens (including phenoxy) is 1. The second-order valence-electron chi connectivity index (χ2n) is 6.20. The van der Waals surface area contributed by atoms with Crippen molar-refractivity contribution in [1.82, 2.24) is 0 Å². The van der Waals surface area contributed by atoms with E-state index in [4.69, 9.17) is 22.1 Å². The van der Waals surface area contributed by atoms with Crippen molar-refractivity contribution in [3.63, 3.8) is 0 Å². The van der Waals surface area contributed by atoms with E-state index in [-0.39, 0.29) is 11.5 Å². The molecular weight excluding hydrogens is 380 g/mol. The molecule has 0 saturated heterocycles. The summed E-state index contributed by atoms with van der Waals surface area (Å²) in [7, 11) is -1.50. The minimum absolute atomic E-state index is 0.0546. The lowest BCUT2D eigenvalue weighted by atomic mass is 9.89. The number of nitriles is 1. The average Bonchev–Trinajstić information content (AvgIpc) is 2.67. The fourth-order valence-corrected chi connectivity index (χ4v) is 4.63. The molecule has 0 radical (unpaired) electrons. The lowest BCUT2D eigenvalue weighted by Gasteiger charge is -2.28. The van der Waals surface area contributed by atoms with Crippen molar-refractivity contribution in [1.29, 1.82) is 5.26 Å². The van der Waals surface area contributed by atoms with Gasteiger partial charge in [-0.15, -0.1) is 0 Å². The van der Waals surface area contributed by atoms with E-state index in [0.29, 0.717) is 27.0 Å². The first-order valence-electron chi connectivity index (χ1n) is 8.50. The normalized spacial score (nSPS) is 18.1. The van der Waals surface area contributed by atoms with Gasteiger partial charge in [-0.3, -0.25) is 0 Å². The Morgan fingerprint density at radius 2 is 1.81 bits per heavy atom. The molecule has 1 heterocycles. The Morgan fingerprint density at radius 1 is 1.19 bits per heavy atom. The van der Waals surface area contributed by atoms with E-state index in [2.05, 4.69) is 6.07 Å². The number of aryl methyl sites for hydroxylation is 1. The van der Waals surface area contributed by atoms with Gasteiger partial charge in [0.25, 0.3) is 0 Å². The Labute approximate surface area is 166 Å². The third-order valence-electron chi connectivity index (χ3n) is 4.40. The smallest absolute Gasteiger partial charge is 0.205 e. The van der Waals surface area contributed by atoms with Crippen LogP contribution < -0.4 is 5.73 Å². The van der Waals surface area contributed by atoms with Gasteiger partial charge in [0.15, 0.2) is 0 Å². The summed E-state index contributed by atoms with van der Waals surface area (Å²) in [6.45, 7) is 3.88. The molecule has 0 fully saturated rings. The van der Waals surface area contributed by atoms with Gasteiger partial charge < -0.3 is 10.5 Å². The second-order valence-corrected chi connectivity index (χ2v) is 8.08.